The van der Waals surface area contributed by atoms with E-state index in [2.05, 4.69) is 43.6 Å². The van der Waals surface area contributed by atoms with Crippen LogP contribution in [0.5, 0.6) is 0 Å². The highest BCUT2D eigenvalue weighted by Crippen LogP contribution is 2.23. The van der Waals surface area contributed by atoms with Gasteiger partial charge in [0.05, 0.1) is 17.8 Å². The summed E-state index contributed by atoms with van der Waals surface area (Å²) in [6.45, 7) is 0. The van der Waals surface area contributed by atoms with Gasteiger partial charge in [-0.05, 0) is 17.7 Å². The predicted octanol–water partition coefficient (Wildman–Crippen LogP) is 4.41. The van der Waals surface area contributed by atoms with Crippen LogP contribution in [-0.4, -0.2) is 16.1 Å². The molecule has 0 N–H and O–H groups in total. The highest BCUT2D eigenvalue weighted by molar-refractivity contribution is 9.10. The molecule has 1 aliphatic rings. The van der Waals surface area contributed by atoms with E-state index in [1.807, 2.05) is 48.0 Å². The third-order valence-electron chi connectivity index (χ3n) is 4.19. The number of fused-ring (bicyclic) bond motifs is 1. The molecule has 1 aliphatic carbocycles. The number of halogens is 1. The van der Waals surface area contributed by atoms with Crippen molar-refractivity contribution in [2.75, 3.05) is 0 Å². The minimum Gasteiger partial charge on any atom is -0.318 e. The van der Waals surface area contributed by atoms with E-state index in [4.69, 9.17) is 0 Å². The van der Waals surface area contributed by atoms with E-state index in [1.165, 1.54) is 11.3 Å². The molecule has 0 saturated carbocycles. The SMILES string of the molecule is Cn1c(-c2ccc(Br)cc2)cs/c1=N\N=C1\CC(=O)c2ccccc21. The molecule has 4 nitrogen and oxygen atoms in total. The molecule has 0 saturated heterocycles. The average molecular weight is 412 g/mol. The van der Waals surface area contributed by atoms with Gasteiger partial charge in [0, 0.05) is 28.0 Å². The largest absolute Gasteiger partial charge is 0.318 e. The molecule has 0 fully saturated rings. The van der Waals surface area contributed by atoms with Gasteiger partial charge in [-0.1, -0.05) is 52.3 Å². The zero-order valence-corrected chi connectivity index (χ0v) is 15.8. The van der Waals surface area contributed by atoms with Crippen molar-refractivity contribution in [3.8, 4) is 11.3 Å². The van der Waals surface area contributed by atoms with Crippen LogP contribution in [0.2, 0.25) is 0 Å². The van der Waals surface area contributed by atoms with E-state index in [1.54, 1.807) is 0 Å². The number of aromatic nitrogens is 1. The Morgan fingerprint density at radius 2 is 1.76 bits per heavy atom. The highest BCUT2D eigenvalue weighted by Gasteiger charge is 2.24. The lowest BCUT2D eigenvalue weighted by atomic mass is 10.1. The van der Waals surface area contributed by atoms with Crippen LogP contribution in [0.1, 0.15) is 22.3 Å². The number of benzene rings is 2. The van der Waals surface area contributed by atoms with Gasteiger partial charge >= 0.3 is 0 Å². The Bertz CT molecular complexity index is 1060. The molecule has 124 valence electrons. The summed E-state index contributed by atoms with van der Waals surface area (Å²) in [5.74, 6) is 0.107. The van der Waals surface area contributed by atoms with Crippen LogP contribution in [0, 0.1) is 0 Å². The average Bonchev–Trinajstić information content (AvgIpc) is 3.15. The lowest BCUT2D eigenvalue weighted by Gasteiger charge is -2.02. The molecule has 0 radical (unpaired) electrons. The Morgan fingerprint density at radius 1 is 1.04 bits per heavy atom. The third-order valence-corrected chi connectivity index (χ3v) is 5.62. The maximum Gasteiger partial charge on any atom is 0.210 e. The van der Waals surface area contributed by atoms with Gasteiger partial charge in [-0.15, -0.1) is 16.4 Å². The topological polar surface area (TPSA) is 46.7 Å². The molecule has 0 atom stereocenters. The number of hydrogen-bond acceptors (Lipinski definition) is 4. The lowest BCUT2D eigenvalue weighted by Crippen LogP contribution is -2.11. The number of carbonyl (C=O) groups excluding carboxylic acids is 1. The summed E-state index contributed by atoms with van der Waals surface area (Å²) in [5, 5.41) is 10.8. The summed E-state index contributed by atoms with van der Waals surface area (Å²) < 4.78 is 3.07. The second-order valence-corrected chi connectivity index (χ2v) is 7.51. The van der Waals surface area contributed by atoms with Crippen LogP contribution in [-0.2, 0) is 7.05 Å². The van der Waals surface area contributed by atoms with Crippen LogP contribution in [0.15, 0.2) is 68.6 Å². The van der Waals surface area contributed by atoms with Crippen molar-refractivity contribution in [2.24, 2.45) is 17.3 Å². The zero-order chi connectivity index (χ0) is 17.4. The summed E-state index contributed by atoms with van der Waals surface area (Å²) in [5.41, 5.74) is 4.57. The van der Waals surface area contributed by atoms with Gasteiger partial charge in [0.1, 0.15) is 0 Å². The summed E-state index contributed by atoms with van der Waals surface area (Å²) in [6, 6.07) is 15.7. The fourth-order valence-electron chi connectivity index (χ4n) is 2.86. The second-order valence-electron chi connectivity index (χ2n) is 5.76. The van der Waals surface area contributed by atoms with Gasteiger partial charge in [0.25, 0.3) is 0 Å². The Kier molecular flexibility index (Phi) is 4.23. The van der Waals surface area contributed by atoms with E-state index in [0.717, 1.165) is 37.4 Å². The molecule has 1 aromatic heterocycles. The molecule has 2 aromatic carbocycles. The van der Waals surface area contributed by atoms with Crippen molar-refractivity contribution >= 4 is 38.8 Å². The summed E-state index contributed by atoms with van der Waals surface area (Å²) in [4.78, 5) is 12.8. The van der Waals surface area contributed by atoms with Crippen molar-refractivity contribution in [1.29, 1.82) is 0 Å². The molecule has 6 heteroatoms. The van der Waals surface area contributed by atoms with Crippen molar-refractivity contribution in [3.05, 3.63) is 74.3 Å². The Balaban J connectivity index is 1.72. The van der Waals surface area contributed by atoms with E-state index >= 15 is 0 Å². The van der Waals surface area contributed by atoms with Crippen LogP contribution in [0.4, 0.5) is 0 Å². The predicted molar refractivity (Wildman–Crippen MR) is 104 cm³/mol. The highest BCUT2D eigenvalue weighted by atomic mass is 79.9. The molecule has 0 amide bonds. The minimum atomic E-state index is 0.107. The number of hydrogen-bond donors (Lipinski definition) is 0. The number of rotatable bonds is 2. The Hall–Kier alpha value is -2.31. The van der Waals surface area contributed by atoms with Gasteiger partial charge in [-0.3, -0.25) is 4.79 Å². The normalized spacial score (nSPS) is 15.8. The fourth-order valence-corrected chi connectivity index (χ4v) is 3.98. The van der Waals surface area contributed by atoms with Crippen LogP contribution in [0.3, 0.4) is 0 Å². The van der Waals surface area contributed by atoms with Gasteiger partial charge in [-0.25, -0.2) is 0 Å². The quantitative estimate of drug-likeness (QED) is 0.576. The Morgan fingerprint density at radius 3 is 2.52 bits per heavy atom. The first kappa shape index (κ1) is 16.2. The Labute approximate surface area is 157 Å². The van der Waals surface area contributed by atoms with Crippen molar-refractivity contribution in [1.82, 2.24) is 4.57 Å². The summed E-state index contributed by atoms with van der Waals surface area (Å²) in [7, 11) is 1.97. The number of nitrogens with zero attached hydrogens (tertiary/aromatic N) is 3. The first-order valence-corrected chi connectivity index (χ1v) is 9.44. The number of carbonyl (C=O) groups is 1. The molecule has 0 aliphatic heterocycles. The smallest absolute Gasteiger partial charge is 0.210 e. The van der Waals surface area contributed by atoms with Crippen molar-refractivity contribution < 1.29 is 4.79 Å². The van der Waals surface area contributed by atoms with Gasteiger partial charge in [0.15, 0.2) is 5.78 Å². The van der Waals surface area contributed by atoms with E-state index in [9.17, 15) is 4.79 Å². The summed E-state index contributed by atoms with van der Waals surface area (Å²) >= 11 is 4.99. The second kappa shape index (κ2) is 6.54. The van der Waals surface area contributed by atoms with Crippen molar-refractivity contribution in [2.45, 2.75) is 6.42 Å². The lowest BCUT2D eigenvalue weighted by molar-refractivity contribution is 0.101. The van der Waals surface area contributed by atoms with E-state index < -0.39 is 0 Å². The van der Waals surface area contributed by atoms with Gasteiger partial charge < -0.3 is 4.57 Å². The minimum absolute atomic E-state index is 0.107. The summed E-state index contributed by atoms with van der Waals surface area (Å²) in [6.07, 6.45) is 0.317. The standard InChI is InChI=1S/C19H14BrN3OS/c1-23-17(12-6-8-13(20)9-7-12)11-25-19(23)22-21-16-10-18(24)15-5-3-2-4-14(15)16/h2-9,11H,10H2,1H3/b21-16-,22-19-. The maximum atomic E-state index is 12.0. The van der Waals surface area contributed by atoms with E-state index in [0.29, 0.717) is 6.42 Å². The molecule has 0 spiro atoms. The number of ketones is 1. The molecule has 3 aromatic rings. The molecular weight excluding hydrogens is 398 g/mol. The molecule has 1 heterocycles. The monoisotopic (exact) mass is 411 g/mol. The fraction of sp³-hybridized carbons (Fsp3) is 0.105. The first-order chi connectivity index (χ1) is 12.1. The van der Waals surface area contributed by atoms with Crippen molar-refractivity contribution in [3.63, 3.8) is 0 Å². The number of Topliss-reactive ketones (excluding diaryl/α,β-unsaturated/α-hetero) is 1. The van der Waals surface area contributed by atoms with Crippen LogP contribution >= 0.6 is 27.3 Å². The zero-order valence-electron chi connectivity index (χ0n) is 13.4. The third kappa shape index (κ3) is 3.03. The number of thiazole rings is 1. The van der Waals surface area contributed by atoms with Crippen LogP contribution < -0.4 is 4.80 Å². The van der Waals surface area contributed by atoms with E-state index in [-0.39, 0.29) is 5.78 Å². The van der Waals surface area contributed by atoms with Gasteiger partial charge in [-0.2, -0.15) is 5.10 Å². The first-order valence-electron chi connectivity index (χ1n) is 7.77. The van der Waals surface area contributed by atoms with Gasteiger partial charge in [0.2, 0.25) is 4.80 Å². The molecule has 4 rings (SSSR count). The molecule has 0 bridgehead atoms. The molecular formula is C19H14BrN3OS. The molecule has 25 heavy (non-hydrogen) atoms. The molecule has 0 unspecified atom stereocenters. The van der Waals surface area contributed by atoms with Crippen LogP contribution in [0.25, 0.3) is 11.3 Å². The maximum absolute atomic E-state index is 12.0.